The zero-order chi connectivity index (χ0) is 19.9. The monoisotopic (exact) mass is 422 g/mol. The van der Waals surface area contributed by atoms with Crippen LogP contribution in [0.15, 0.2) is 18.2 Å². The summed E-state index contributed by atoms with van der Waals surface area (Å²) in [5.41, 5.74) is 1.03. The fraction of sp³-hybridized carbons (Fsp3) is 0.619. The predicted molar refractivity (Wildman–Crippen MR) is 114 cm³/mol. The van der Waals surface area contributed by atoms with Crippen LogP contribution in [0, 0.1) is 17.2 Å². The van der Waals surface area contributed by atoms with E-state index in [0.29, 0.717) is 0 Å². The average Bonchev–Trinajstić information content (AvgIpc) is 2.70. The minimum atomic E-state index is -0.136. The molecule has 0 radical (unpaired) electrons. The molecule has 0 atom stereocenters. The minimum absolute atomic E-state index is 0.0354. The van der Waals surface area contributed by atoms with Gasteiger partial charge in [-0.05, 0) is 62.8 Å². The van der Waals surface area contributed by atoms with Crippen LogP contribution in [-0.2, 0) is 4.79 Å². The zero-order valence-electron chi connectivity index (χ0n) is 16.2. The van der Waals surface area contributed by atoms with Gasteiger partial charge in [-0.25, -0.2) is 0 Å². The van der Waals surface area contributed by atoms with Gasteiger partial charge in [0.2, 0.25) is 5.91 Å². The van der Waals surface area contributed by atoms with Gasteiger partial charge >= 0.3 is 0 Å². The SMILES string of the molecule is N#CCC(=O)NC1CCC(CCN2CCN(c3cc(Cl)ccc3Cl)CC2)CC1. The molecular weight excluding hydrogens is 395 g/mol. The Labute approximate surface area is 177 Å². The highest BCUT2D eigenvalue weighted by molar-refractivity contribution is 6.35. The first-order valence-corrected chi connectivity index (χ1v) is 10.9. The summed E-state index contributed by atoms with van der Waals surface area (Å²) in [6.07, 6.45) is 5.57. The molecule has 28 heavy (non-hydrogen) atoms. The van der Waals surface area contributed by atoms with E-state index in [0.717, 1.165) is 80.1 Å². The molecule has 1 N–H and O–H groups in total. The largest absolute Gasteiger partial charge is 0.368 e. The molecule has 0 aromatic heterocycles. The summed E-state index contributed by atoms with van der Waals surface area (Å²) in [5.74, 6) is 0.605. The van der Waals surface area contributed by atoms with Crippen molar-refractivity contribution >= 4 is 34.8 Å². The van der Waals surface area contributed by atoms with E-state index in [1.165, 1.54) is 6.42 Å². The van der Waals surface area contributed by atoms with Crippen molar-refractivity contribution in [3.05, 3.63) is 28.2 Å². The number of nitrogens with zero attached hydrogens (tertiary/aromatic N) is 3. The van der Waals surface area contributed by atoms with Crippen LogP contribution < -0.4 is 10.2 Å². The Kier molecular flexibility index (Phi) is 7.84. The maximum absolute atomic E-state index is 11.5. The number of hydrogen-bond donors (Lipinski definition) is 1. The molecule has 1 heterocycles. The molecule has 2 fully saturated rings. The smallest absolute Gasteiger partial charge is 0.234 e. The van der Waals surface area contributed by atoms with Crippen LogP contribution in [0.2, 0.25) is 10.0 Å². The van der Waals surface area contributed by atoms with Gasteiger partial charge in [0.05, 0.1) is 16.8 Å². The molecule has 1 aliphatic heterocycles. The van der Waals surface area contributed by atoms with Gasteiger partial charge in [-0.3, -0.25) is 9.69 Å². The topological polar surface area (TPSA) is 59.4 Å². The Hall–Kier alpha value is -1.48. The molecule has 2 aliphatic rings. The Morgan fingerprint density at radius 3 is 2.54 bits per heavy atom. The molecule has 7 heteroatoms. The van der Waals surface area contributed by atoms with E-state index < -0.39 is 0 Å². The molecule has 3 rings (SSSR count). The van der Waals surface area contributed by atoms with Gasteiger partial charge in [0, 0.05) is 37.2 Å². The van der Waals surface area contributed by atoms with Gasteiger partial charge in [-0.2, -0.15) is 5.26 Å². The third-order valence-corrected chi connectivity index (χ3v) is 6.48. The van der Waals surface area contributed by atoms with Crippen LogP contribution in [-0.4, -0.2) is 49.6 Å². The molecule has 152 valence electrons. The van der Waals surface area contributed by atoms with Gasteiger partial charge in [0.25, 0.3) is 0 Å². The Balaban J connectivity index is 1.36. The first kappa shape index (κ1) is 21.2. The van der Waals surface area contributed by atoms with Crippen molar-refractivity contribution in [2.75, 3.05) is 37.6 Å². The molecule has 1 aromatic carbocycles. The molecule has 1 aromatic rings. The molecule has 1 saturated heterocycles. The summed E-state index contributed by atoms with van der Waals surface area (Å²) >= 11 is 12.5. The lowest BCUT2D eigenvalue weighted by molar-refractivity contribution is -0.121. The van der Waals surface area contributed by atoms with Gasteiger partial charge in [0.1, 0.15) is 6.42 Å². The molecule has 1 aliphatic carbocycles. The van der Waals surface area contributed by atoms with Crippen molar-refractivity contribution in [1.82, 2.24) is 10.2 Å². The summed E-state index contributed by atoms with van der Waals surface area (Å²) in [4.78, 5) is 16.4. The van der Waals surface area contributed by atoms with Gasteiger partial charge in [-0.15, -0.1) is 0 Å². The van der Waals surface area contributed by atoms with E-state index in [9.17, 15) is 4.79 Å². The highest BCUT2D eigenvalue weighted by Gasteiger charge is 2.24. The molecule has 1 saturated carbocycles. The second kappa shape index (κ2) is 10.3. The van der Waals surface area contributed by atoms with E-state index >= 15 is 0 Å². The van der Waals surface area contributed by atoms with Crippen molar-refractivity contribution in [2.45, 2.75) is 44.6 Å². The minimum Gasteiger partial charge on any atom is -0.368 e. The lowest BCUT2D eigenvalue weighted by Crippen LogP contribution is -2.47. The third kappa shape index (κ3) is 6.01. The normalized spacial score (nSPS) is 23.2. The van der Waals surface area contributed by atoms with Crippen molar-refractivity contribution < 1.29 is 4.79 Å². The molecule has 5 nitrogen and oxygen atoms in total. The average molecular weight is 423 g/mol. The van der Waals surface area contributed by atoms with Crippen molar-refractivity contribution in [2.24, 2.45) is 5.92 Å². The molecule has 0 unspecified atom stereocenters. The van der Waals surface area contributed by atoms with E-state index in [-0.39, 0.29) is 18.4 Å². The van der Waals surface area contributed by atoms with E-state index in [1.54, 1.807) is 0 Å². The summed E-state index contributed by atoms with van der Waals surface area (Å²) in [7, 11) is 0. The number of halogens is 2. The molecular formula is C21H28Cl2N4O. The molecule has 0 spiro atoms. The first-order chi connectivity index (χ1) is 13.5. The van der Waals surface area contributed by atoms with Crippen LogP contribution in [0.25, 0.3) is 0 Å². The summed E-state index contributed by atoms with van der Waals surface area (Å²) < 4.78 is 0. The second-order valence-electron chi connectivity index (χ2n) is 7.83. The van der Waals surface area contributed by atoms with Crippen LogP contribution >= 0.6 is 23.2 Å². The Morgan fingerprint density at radius 1 is 1.14 bits per heavy atom. The van der Waals surface area contributed by atoms with Gasteiger partial charge in [-0.1, -0.05) is 23.2 Å². The van der Waals surface area contributed by atoms with Crippen LogP contribution in [0.4, 0.5) is 5.69 Å². The number of benzene rings is 1. The second-order valence-corrected chi connectivity index (χ2v) is 8.68. The van der Waals surface area contributed by atoms with Crippen molar-refractivity contribution in [3.8, 4) is 6.07 Å². The quantitative estimate of drug-likeness (QED) is 0.749. The number of carbonyl (C=O) groups excluding carboxylic acids is 1. The van der Waals surface area contributed by atoms with Crippen LogP contribution in [0.3, 0.4) is 0 Å². The molecule has 0 bridgehead atoms. The summed E-state index contributed by atoms with van der Waals surface area (Å²) in [6, 6.07) is 7.80. The number of piperazine rings is 1. The number of carbonyl (C=O) groups is 1. The summed E-state index contributed by atoms with van der Waals surface area (Å²) in [6.45, 7) is 5.16. The van der Waals surface area contributed by atoms with Crippen molar-refractivity contribution in [3.63, 3.8) is 0 Å². The number of rotatable bonds is 6. The fourth-order valence-corrected chi connectivity index (χ4v) is 4.66. The maximum atomic E-state index is 11.5. The Morgan fingerprint density at radius 2 is 1.86 bits per heavy atom. The van der Waals surface area contributed by atoms with Gasteiger partial charge < -0.3 is 10.2 Å². The zero-order valence-corrected chi connectivity index (χ0v) is 17.7. The number of hydrogen-bond acceptors (Lipinski definition) is 4. The molecule has 1 amide bonds. The number of anilines is 1. The summed E-state index contributed by atoms with van der Waals surface area (Å²) in [5, 5.41) is 13.0. The highest BCUT2D eigenvalue weighted by atomic mass is 35.5. The van der Waals surface area contributed by atoms with Gasteiger partial charge in [0.15, 0.2) is 0 Å². The van der Waals surface area contributed by atoms with E-state index in [4.69, 9.17) is 28.5 Å². The lowest BCUT2D eigenvalue weighted by Gasteiger charge is -2.37. The Bertz CT molecular complexity index is 705. The highest BCUT2D eigenvalue weighted by Crippen LogP contribution is 2.30. The number of amides is 1. The van der Waals surface area contributed by atoms with Crippen LogP contribution in [0.5, 0.6) is 0 Å². The third-order valence-electron chi connectivity index (χ3n) is 5.93. The van der Waals surface area contributed by atoms with E-state index in [1.807, 2.05) is 24.3 Å². The number of nitrogens with one attached hydrogen (secondary N) is 1. The predicted octanol–water partition coefficient (Wildman–Crippen LogP) is 4.09. The van der Waals surface area contributed by atoms with Crippen molar-refractivity contribution in [1.29, 1.82) is 5.26 Å². The fourth-order valence-electron chi connectivity index (χ4n) is 4.25. The van der Waals surface area contributed by atoms with Crippen LogP contribution in [0.1, 0.15) is 38.5 Å². The standard InChI is InChI=1S/C21H28Cl2N4O/c22-17-3-6-19(23)20(15-17)27-13-11-26(12-14-27)10-8-16-1-4-18(5-2-16)25-21(28)7-9-24/h3,6,15-16,18H,1-2,4-5,7-8,10-14H2,(H,25,28). The number of nitriles is 1. The van der Waals surface area contributed by atoms with E-state index in [2.05, 4.69) is 15.1 Å². The maximum Gasteiger partial charge on any atom is 0.234 e. The first-order valence-electron chi connectivity index (χ1n) is 10.1. The lowest BCUT2D eigenvalue weighted by atomic mass is 9.84.